The molecule has 1 aliphatic rings. The Labute approximate surface area is 238 Å². The Hall–Kier alpha value is -4.31. The zero-order chi connectivity index (χ0) is 28.2. The van der Waals surface area contributed by atoms with Crippen molar-refractivity contribution >= 4 is 22.7 Å². The smallest absolute Gasteiger partial charge is 0.181 e. The van der Waals surface area contributed by atoms with Gasteiger partial charge in [-0.1, -0.05) is 72.8 Å². The second-order valence-corrected chi connectivity index (χ2v) is 10.6. The van der Waals surface area contributed by atoms with Crippen LogP contribution in [0.3, 0.4) is 0 Å². The number of carbonyl (C=O) groups is 1. The zero-order valence-corrected chi connectivity index (χ0v) is 23.9. The highest BCUT2D eigenvalue weighted by molar-refractivity contribution is 6.32. The van der Waals surface area contributed by atoms with E-state index < -0.39 is 5.92 Å². The van der Waals surface area contributed by atoms with E-state index in [1.54, 1.807) is 0 Å². The van der Waals surface area contributed by atoms with Gasteiger partial charge in [-0.2, -0.15) is 0 Å². The number of carbonyl (C=O) groups excluding carboxylic acids is 1. The third-order valence-corrected chi connectivity index (χ3v) is 8.01. The highest BCUT2D eigenvalue weighted by Gasteiger charge is 2.42. The quantitative estimate of drug-likeness (QED) is 0.226. The third-order valence-electron chi connectivity index (χ3n) is 8.01. The summed E-state index contributed by atoms with van der Waals surface area (Å²) in [6.07, 6.45) is 0. The number of rotatable bonds is 10. The van der Waals surface area contributed by atoms with Crippen molar-refractivity contribution < 1.29 is 9.90 Å². The van der Waals surface area contributed by atoms with Crippen LogP contribution in [0.5, 0.6) is 0 Å². The molecule has 4 aromatic carbocycles. The molecule has 0 bridgehead atoms. The van der Waals surface area contributed by atoms with Crippen LogP contribution in [0.4, 0.5) is 11.4 Å². The standard InChI is InChI=1S/C36H38N2O2/c1-5-37(23-27-13-9-7-10-14-27)29-17-19-31(25(3)21-29)33-35(39)34(36(33)40)32-20-18-30(22-26(32)4)38(6-2)24-28-15-11-8-12-16-28/h7-22,33,39H,5-6,23-24H2,1-4H3. The van der Waals surface area contributed by atoms with Crippen molar-refractivity contribution in [3.05, 3.63) is 136 Å². The second kappa shape index (κ2) is 11.8. The lowest BCUT2D eigenvalue weighted by Gasteiger charge is -2.31. The zero-order valence-electron chi connectivity index (χ0n) is 23.9. The summed E-state index contributed by atoms with van der Waals surface area (Å²) in [6.45, 7) is 11.7. The number of aryl methyl sites for hydroxylation is 2. The van der Waals surface area contributed by atoms with Gasteiger partial charge in [0.25, 0.3) is 0 Å². The van der Waals surface area contributed by atoms with Gasteiger partial charge in [0.2, 0.25) is 0 Å². The van der Waals surface area contributed by atoms with Gasteiger partial charge >= 0.3 is 0 Å². The third kappa shape index (κ3) is 5.40. The first kappa shape index (κ1) is 27.3. The number of allylic oxidation sites excluding steroid dienone is 2. The first-order valence-electron chi connectivity index (χ1n) is 14.2. The van der Waals surface area contributed by atoms with Crippen LogP contribution in [0.1, 0.15) is 53.1 Å². The number of aliphatic hydroxyl groups is 1. The molecule has 0 radical (unpaired) electrons. The maximum Gasteiger partial charge on any atom is 0.181 e. The van der Waals surface area contributed by atoms with Gasteiger partial charge in [-0.05, 0) is 85.3 Å². The van der Waals surface area contributed by atoms with Crippen LogP contribution in [-0.4, -0.2) is 24.0 Å². The number of nitrogens with zero attached hydrogens (tertiary/aromatic N) is 2. The SMILES string of the molecule is CCN(Cc1ccccc1)c1ccc(C2=C(O)C(c3ccc(N(CC)Cc4ccccc4)cc3C)C2=O)c(C)c1. The Balaban J connectivity index is 1.36. The van der Waals surface area contributed by atoms with Crippen molar-refractivity contribution in [1.82, 2.24) is 0 Å². The minimum atomic E-state index is -0.599. The average molecular weight is 531 g/mol. The predicted octanol–water partition coefficient (Wildman–Crippen LogP) is 7.99. The predicted molar refractivity (Wildman–Crippen MR) is 166 cm³/mol. The summed E-state index contributed by atoms with van der Waals surface area (Å²) < 4.78 is 0. The number of aliphatic hydroxyl groups excluding tert-OH is 1. The van der Waals surface area contributed by atoms with Crippen LogP contribution in [0.2, 0.25) is 0 Å². The van der Waals surface area contributed by atoms with E-state index in [9.17, 15) is 9.90 Å². The van der Waals surface area contributed by atoms with Crippen LogP contribution in [-0.2, 0) is 17.9 Å². The van der Waals surface area contributed by atoms with E-state index in [0.717, 1.165) is 59.8 Å². The molecular formula is C36H38N2O2. The maximum absolute atomic E-state index is 13.5. The summed E-state index contributed by atoms with van der Waals surface area (Å²) in [7, 11) is 0. The molecule has 4 nitrogen and oxygen atoms in total. The molecule has 0 fully saturated rings. The fourth-order valence-corrected chi connectivity index (χ4v) is 5.71. The lowest BCUT2D eigenvalue weighted by molar-refractivity contribution is -0.116. The summed E-state index contributed by atoms with van der Waals surface area (Å²) in [4.78, 5) is 18.1. The summed E-state index contributed by atoms with van der Waals surface area (Å²) in [6, 6.07) is 33.2. The number of benzene rings is 4. The van der Waals surface area contributed by atoms with Crippen LogP contribution < -0.4 is 9.80 Å². The molecule has 0 aromatic heterocycles. The van der Waals surface area contributed by atoms with Gasteiger partial charge in [-0.3, -0.25) is 4.79 Å². The largest absolute Gasteiger partial charge is 0.510 e. The molecule has 1 atom stereocenters. The van der Waals surface area contributed by atoms with Gasteiger partial charge in [0, 0.05) is 37.6 Å². The number of hydrogen-bond donors (Lipinski definition) is 1. The number of hydrogen-bond acceptors (Lipinski definition) is 4. The van der Waals surface area contributed by atoms with Gasteiger partial charge in [-0.15, -0.1) is 0 Å². The van der Waals surface area contributed by atoms with Gasteiger partial charge in [0.1, 0.15) is 11.7 Å². The first-order chi connectivity index (χ1) is 19.4. The summed E-state index contributed by atoms with van der Waals surface area (Å²) in [5.41, 5.74) is 8.88. The first-order valence-corrected chi connectivity index (χ1v) is 14.2. The number of anilines is 2. The monoisotopic (exact) mass is 530 g/mol. The Morgan fingerprint density at radius 2 is 1.18 bits per heavy atom. The molecule has 0 spiro atoms. The molecule has 0 amide bonds. The molecule has 1 aliphatic carbocycles. The second-order valence-electron chi connectivity index (χ2n) is 10.6. The Morgan fingerprint density at radius 3 is 1.62 bits per heavy atom. The van der Waals surface area contributed by atoms with Crippen molar-refractivity contribution in [3.8, 4) is 0 Å². The van der Waals surface area contributed by atoms with Crippen molar-refractivity contribution in [2.45, 2.75) is 46.7 Å². The lowest BCUT2D eigenvalue weighted by Crippen LogP contribution is -2.30. The van der Waals surface area contributed by atoms with Crippen molar-refractivity contribution in [2.24, 2.45) is 0 Å². The van der Waals surface area contributed by atoms with E-state index >= 15 is 0 Å². The molecule has 0 heterocycles. The summed E-state index contributed by atoms with van der Waals surface area (Å²) in [5.74, 6) is -0.444. The molecule has 40 heavy (non-hydrogen) atoms. The molecule has 4 aromatic rings. The normalized spacial score (nSPS) is 14.7. The van der Waals surface area contributed by atoms with Gasteiger partial charge in [-0.25, -0.2) is 0 Å². The Kier molecular flexibility index (Phi) is 8.06. The van der Waals surface area contributed by atoms with E-state index in [-0.39, 0.29) is 11.5 Å². The Morgan fingerprint density at radius 1 is 0.675 bits per heavy atom. The molecular weight excluding hydrogens is 492 g/mol. The highest BCUT2D eigenvalue weighted by atomic mass is 16.3. The molecule has 5 rings (SSSR count). The van der Waals surface area contributed by atoms with E-state index in [4.69, 9.17) is 0 Å². The van der Waals surface area contributed by atoms with E-state index in [1.807, 2.05) is 38.1 Å². The number of Topliss-reactive ketones (excluding diaryl/α,β-unsaturated/α-hetero) is 1. The molecule has 1 unspecified atom stereocenters. The maximum atomic E-state index is 13.5. The van der Waals surface area contributed by atoms with Gasteiger partial charge in [0.05, 0.1) is 5.57 Å². The minimum absolute atomic E-state index is 0.0162. The van der Waals surface area contributed by atoms with Crippen molar-refractivity contribution in [3.63, 3.8) is 0 Å². The molecule has 1 N–H and O–H groups in total. The van der Waals surface area contributed by atoms with Gasteiger partial charge in [0.15, 0.2) is 5.78 Å². The topological polar surface area (TPSA) is 43.8 Å². The molecule has 0 saturated carbocycles. The van der Waals surface area contributed by atoms with Gasteiger partial charge < -0.3 is 14.9 Å². The summed E-state index contributed by atoms with van der Waals surface area (Å²) in [5, 5.41) is 11.2. The Bertz CT molecular complexity index is 1530. The molecule has 4 heteroatoms. The van der Waals surface area contributed by atoms with Crippen LogP contribution in [0, 0.1) is 13.8 Å². The highest BCUT2D eigenvalue weighted by Crippen LogP contribution is 2.45. The molecule has 0 aliphatic heterocycles. The average Bonchev–Trinajstić information content (AvgIpc) is 2.98. The van der Waals surface area contributed by atoms with E-state index in [1.165, 1.54) is 11.1 Å². The van der Waals surface area contributed by atoms with Crippen molar-refractivity contribution in [2.75, 3.05) is 22.9 Å². The summed E-state index contributed by atoms with van der Waals surface area (Å²) >= 11 is 0. The minimum Gasteiger partial charge on any atom is -0.510 e. The van der Waals surface area contributed by atoms with Crippen LogP contribution in [0.25, 0.3) is 5.57 Å². The lowest BCUT2D eigenvalue weighted by atomic mass is 9.73. The fraction of sp³-hybridized carbons (Fsp3) is 0.250. The molecule has 0 saturated heterocycles. The van der Waals surface area contributed by atoms with E-state index in [2.05, 4.69) is 96.4 Å². The number of ketones is 1. The van der Waals surface area contributed by atoms with Crippen LogP contribution >= 0.6 is 0 Å². The molecule has 204 valence electrons. The fourth-order valence-electron chi connectivity index (χ4n) is 5.71. The van der Waals surface area contributed by atoms with Crippen LogP contribution in [0.15, 0.2) is 103 Å². The van der Waals surface area contributed by atoms with E-state index in [0.29, 0.717) is 5.57 Å². The van der Waals surface area contributed by atoms with Crippen molar-refractivity contribution in [1.29, 1.82) is 0 Å².